The van der Waals surface area contributed by atoms with Crippen LogP contribution >= 0.6 is 0 Å². The summed E-state index contributed by atoms with van der Waals surface area (Å²) in [5.41, 5.74) is 0.152. The third-order valence-electron chi connectivity index (χ3n) is 4.54. The molecule has 0 saturated carbocycles. The Labute approximate surface area is 156 Å². The van der Waals surface area contributed by atoms with E-state index in [1.54, 1.807) is 6.92 Å². The second kappa shape index (κ2) is 5.95. The van der Waals surface area contributed by atoms with E-state index < -0.39 is 5.60 Å². The Hall–Kier alpha value is -2.62. The molecule has 3 aromatic rings. The summed E-state index contributed by atoms with van der Waals surface area (Å²) in [7, 11) is 0. The lowest BCUT2D eigenvalue weighted by atomic mass is 9.96. The Morgan fingerprint density at radius 3 is 2.56 bits per heavy atom. The Morgan fingerprint density at radius 2 is 1.96 bits per heavy atom. The molecule has 1 atom stereocenters. The molecule has 27 heavy (non-hydrogen) atoms. The molecular weight excluding hydrogens is 348 g/mol. The molecule has 10 heteroatoms. The second-order valence-corrected chi connectivity index (χ2v) is 8.43. The summed E-state index contributed by atoms with van der Waals surface area (Å²) >= 11 is 0. The Kier molecular flexibility index (Phi) is 3.91. The summed E-state index contributed by atoms with van der Waals surface area (Å²) < 4.78 is 5.16. The molecule has 0 unspecified atom stereocenters. The molecule has 4 heterocycles. The van der Waals surface area contributed by atoms with Crippen LogP contribution in [0.25, 0.3) is 11.2 Å². The maximum absolute atomic E-state index is 10.4. The van der Waals surface area contributed by atoms with E-state index in [1.807, 2.05) is 6.92 Å². The maximum Gasteiger partial charge on any atom is 0.250 e. The van der Waals surface area contributed by atoms with Crippen molar-refractivity contribution in [2.75, 3.05) is 18.0 Å². The zero-order valence-corrected chi connectivity index (χ0v) is 16.3. The van der Waals surface area contributed by atoms with Gasteiger partial charge in [0.25, 0.3) is 0 Å². The number of aryl methyl sites for hydroxylation is 1. The highest BCUT2D eigenvalue weighted by Gasteiger charge is 2.34. The molecule has 1 N–H and O–H groups in total. The van der Waals surface area contributed by atoms with Crippen LogP contribution in [-0.2, 0) is 12.0 Å². The van der Waals surface area contributed by atoms with Crippen molar-refractivity contribution in [3.8, 4) is 0 Å². The van der Waals surface area contributed by atoms with Gasteiger partial charge in [0.1, 0.15) is 12.4 Å². The first-order valence-corrected chi connectivity index (χ1v) is 9.01. The van der Waals surface area contributed by atoms with Crippen molar-refractivity contribution in [1.82, 2.24) is 35.1 Å². The van der Waals surface area contributed by atoms with E-state index in [1.165, 1.54) is 4.80 Å². The summed E-state index contributed by atoms with van der Waals surface area (Å²) in [6.45, 7) is 11.2. The minimum Gasteiger partial charge on any atom is -0.388 e. The zero-order valence-electron chi connectivity index (χ0n) is 16.3. The van der Waals surface area contributed by atoms with Gasteiger partial charge in [0, 0.05) is 18.5 Å². The highest BCUT2D eigenvalue weighted by Crippen LogP contribution is 2.31. The standard InChI is InChI=1S/C17H24N8O2/c1-10-18-11(27-23-10)8-25-21-12-13(22-25)19-15(16(2,3)4)20-14(12)24-7-6-17(5,26)9-24/h26H,6-9H2,1-5H3/t17-/m1/s1. The monoisotopic (exact) mass is 372 g/mol. The van der Waals surface area contributed by atoms with Crippen LogP contribution in [0.3, 0.4) is 0 Å². The molecule has 10 nitrogen and oxygen atoms in total. The van der Waals surface area contributed by atoms with Crippen LogP contribution in [0.1, 0.15) is 51.7 Å². The van der Waals surface area contributed by atoms with Crippen molar-refractivity contribution in [2.24, 2.45) is 0 Å². The van der Waals surface area contributed by atoms with Crippen molar-refractivity contribution >= 4 is 17.0 Å². The second-order valence-electron chi connectivity index (χ2n) is 8.43. The van der Waals surface area contributed by atoms with E-state index in [0.29, 0.717) is 54.0 Å². The average molecular weight is 372 g/mol. The molecule has 3 aromatic heterocycles. The molecule has 1 aliphatic heterocycles. The fraction of sp³-hybridized carbons (Fsp3) is 0.647. The number of nitrogens with zero attached hydrogens (tertiary/aromatic N) is 8. The first kappa shape index (κ1) is 17.8. The molecule has 1 fully saturated rings. The topological polar surface area (TPSA) is 119 Å². The molecule has 1 saturated heterocycles. The number of aliphatic hydroxyl groups is 1. The van der Waals surface area contributed by atoms with Gasteiger partial charge < -0.3 is 14.5 Å². The van der Waals surface area contributed by atoms with E-state index in [2.05, 4.69) is 51.0 Å². The van der Waals surface area contributed by atoms with Crippen LogP contribution in [0.2, 0.25) is 0 Å². The fourth-order valence-electron chi connectivity index (χ4n) is 3.12. The Morgan fingerprint density at radius 1 is 1.19 bits per heavy atom. The van der Waals surface area contributed by atoms with Crippen molar-refractivity contribution < 1.29 is 9.63 Å². The minimum atomic E-state index is -0.740. The van der Waals surface area contributed by atoms with Crippen LogP contribution in [0.15, 0.2) is 4.52 Å². The van der Waals surface area contributed by atoms with Crippen LogP contribution in [0, 0.1) is 6.92 Å². The molecule has 0 aromatic carbocycles. The van der Waals surface area contributed by atoms with Crippen molar-refractivity contribution in [3.05, 3.63) is 17.5 Å². The molecule has 0 bridgehead atoms. The van der Waals surface area contributed by atoms with Gasteiger partial charge in [0.2, 0.25) is 11.5 Å². The first-order valence-electron chi connectivity index (χ1n) is 9.01. The van der Waals surface area contributed by atoms with Crippen molar-refractivity contribution in [3.63, 3.8) is 0 Å². The highest BCUT2D eigenvalue weighted by atomic mass is 16.5. The molecule has 144 valence electrons. The fourth-order valence-corrected chi connectivity index (χ4v) is 3.12. The van der Waals surface area contributed by atoms with Gasteiger partial charge in [-0.05, 0) is 20.3 Å². The number of β-amino-alcohol motifs (C(OH)–C–C–N with tert-alkyl or cyclic N) is 1. The number of fused-ring (bicyclic) bond motifs is 1. The highest BCUT2D eigenvalue weighted by molar-refractivity contribution is 5.82. The maximum atomic E-state index is 10.4. The number of anilines is 1. The predicted molar refractivity (Wildman–Crippen MR) is 97.4 cm³/mol. The summed E-state index contributed by atoms with van der Waals surface area (Å²) in [5, 5.41) is 23.2. The van der Waals surface area contributed by atoms with Crippen LogP contribution < -0.4 is 4.90 Å². The van der Waals surface area contributed by atoms with Gasteiger partial charge in [0.15, 0.2) is 17.2 Å². The minimum absolute atomic E-state index is 0.238. The lowest BCUT2D eigenvalue weighted by Gasteiger charge is -2.22. The van der Waals surface area contributed by atoms with Gasteiger partial charge in [-0.1, -0.05) is 25.9 Å². The zero-order chi connectivity index (χ0) is 19.4. The average Bonchev–Trinajstić information content (AvgIpc) is 3.24. The number of rotatable bonds is 3. The molecule has 0 aliphatic carbocycles. The van der Waals surface area contributed by atoms with Crippen molar-refractivity contribution in [2.45, 2.75) is 58.6 Å². The van der Waals surface area contributed by atoms with E-state index in [0.717, 1.165) is 0 Å². The van der Waals surface area contributed by atoms with Crippen LogP contribution in [-0.4, -0.2) is 58.9 Å². The summed E-state index contributed by atoms with van der Waals surface area (Å²) in [4.78, 5) is 17.1. The first-order chi connectivity index (χ1) is 12.6. The summed E-state index contributed by atoms with van der Waals surface area (Å²) in [5.74, 6) is 2.40. The van der Waals surface area contributed by atoms with E-state index in [9.17, 15) is 5.11 Å². The smallest absolute Gasteiger partial charge is 0.250 e. The predicted octanol–water partition coefficient (Wildman–Crippen LogP) is 1.22. The number of aromatic nitrogens is 7. The largest absolute Gasteiger partial charge is 0.388 e. The van der Waals surface area contributed by atoms with Gasteiger partial charge in [-0.25, -0.2) is 9.97 Å². The number of hydrogen-bond acceptors (Lipinski definition) is 9. The Balaban J connectivity index is 1.79. The van der Waals surface area contributed by atoms with Gasteiger partial charge in [-0.3, -0.25) is 0 Å². The van der Waals surface area contributed by atoms with E-state index >= 15 is 0 Å². The lowest BCUT2D eigenvalue weighted by Crippen LogP contribution is -2.31. The van der Waals surface area contributed by atoms with Crippen LogP contribution in [0.4, 0.5) is 5.82 Å². The summed E-state index contributed by atoms with van der Waals surface area (Å²) in [6, 6.07) is 0. The van der Waals surface area contributed by atoms with Crippen molar-refractivity contribution in [1.29, 1.82) is 0 Å². The van der Waals surface area contributed by atoms with E-state index in [4.69, 9.17) is 9.51 Å². The molecular formula is C17H24N8O2. The molecule has 1 aliphatic rings. The lowest BCUT2D eigenvalue weighted by molar-refractivity contribution is 0.0839. The van der Waals surface area contributed by atoms with Crippen LogP contribution in [0.5, 0.6) is 0 Å². The number of hydrogen-bond donors (Lipinski definition) is 1. The molecule has 4 rings (SSSR count). The van der Waals surface area contributed by atoms with E-state index in [-0.39, 0.29) is 12.0 Å². The third-order valence-corrected chi connectivity index (χ3v) is 4.54. The summed E-state index contributed by atoms with van der Waals surface area (Å²) in [6.07, 6.45) is 0.679. The normalized spacial score (nSPS) is 20.7. The molecule has 0 spiro atoms. The quantitative estimate of drug-likeness (QED) is 0.723. The molecule has 0 radical (unpaired) electrons. The van der Waals surface area contributed by atoms with Gasteiger partial charge >= 0.3 is 0 Å². The van der Waals surface area contributed by atoms with Gasteiger partial charge in [-0.15, -0.1) is 10.2 Å². The Bertz CT molecular complexity index is 985. The third kappa shape index (κ3) is 3.48. The van der Waals surface area contributed by atoms with Gasteiger partial charge in [-0.2, -0.15) is 9.78 Å². The molecule has 0 amide bonds. The van der Waals surface area contributed by atoms with Gasteiger partial charge in [0.05, 0.1) is 5.60 Å². The SMILES string of the molecule is Cc1noc(Cn2nc3nc(C(C)(C)C)nc(N4CC[C@@](C)(O)C4)c3n2)n1.